The van der Waals surface area contributed by atoms with Gasteiger partial charge in [-0.3, -0.25) is 14.8 Å². The summed E-state index contributed by atoms with van der Waals surface area (Å²) < 4.78 is 19.2. The molecule has 0 radical (unpaired) electrons. The highest BCUT2D eigenvalue weighted by atomic mass is 19.1. The zero-order chi connectivity index (χ0) is 14.0. The topological polar surface area (TPSA) is 70.2 Å². The number of hydrogen-bond donors (Lipinski definition) is 0. The van der Waals surface area contributed by atoms with Gasteiger partial charge in [-0.05, 0) is 24.6 Å². The average Bonchev–Trinajstić information content (AvgIpc) is 2.69. The highest BCUT2D eigenvalue weighted by Crippen LogP contribution is 2.29. The molecule has 0 saturated carbocycles. The first-order valence-electron chi connectivity index (χ1n) is 5.53. The number of aromatic nitrogens is 2. The number of halogens is 1. The van der Waals surface area contributed by atoms with Crippen LogP contribution in [0.2, 0.25) is 0 Å². The third-order valence-electron chi connectivity index (χ3n) is 2.77. The van der Waals surface area contributed by atoms with Crippen LogP contribution >= 0.6 is 0 Å². The van der Waals surface area contributed by atoms with Crippen LogP contribution < -0.4 is 4.74 Å². The molecule has 0 aliphatic heterocycles. The monoisotopic (exact) mass is 265 g/mol. The Balaban J connectivity index is 2.35. The minimum Gasteiger partial charge on any atom is -0.475 e. The molecule has 19 heavy (non-hydrogen) atoms. The number of rotatable bonds is 4. The van der Waals surface area contributed by atoms with Crippen LogP contribution in [-0.4, -0.2) is 21.8 Å². The van der Waals surface area contributed by atoms with Gasteiger partial charge in [0.05, 0.1) is 18.6 Å². The van der Waals surface area contributed by atoms with E-state index < -0.39 is 4.92 Å². The van der Waals surface area contributed by atoms with E-state index in [4.69, 9.17) is 4.74 Å². The summed E-state index contributed by atoms with van der Waals surface area (Å²) in [5.74, 6) is -0.353. The Morgan fingerprint density at radius 1 is 1.42 bits per heavy atom. The second-order valence-electron chi connectivity index (χ2n) is 3.98. The highest BCUT2D eigenvalue weighted by Gasteiger charge is 2.25. The molecule has 2 aromatic rings. The Labute approximate surface area is 108 Å². The van der Waals surface area contributed by atoms with Crippen molar-refractivity contribution in [2.24, 2.45) is 0 Å². The van der Waals surface area contributed by atoms with Gasteiger partial charge in [0, 0.05) is 0 Å². The molecule has 0 bridgehead atoms. The fraction of sp³-hybridized carbons (Fsp3) is 0.250. The fourth-order valence-corrected chi connectivity index (χ4v) is 1.77. The van der Waals surface area contributed by atoms with E-state index in [1.165, 1.54) is 23.9 Å². The van der Waals surface area contributed by atoms with Gasteiger partial charge in [-0.15, -0.1) is 5.10 Å². The van der Waals surface area contributed by atoms with Gasteiger partial charge in [0.2, 0.25) is 0 Å². The number of hydrogen-bond acceptors (Lipinski definition) is 4. The van der Waals surface area contributed by atoms with E-state index in [0.717, 1.165) is 5.56 Å². The molecule has 100 valence electrons. The van der Waals surface area contributed by atoms with Gasteiger partial charge in [0.15, 0.2) is 0 Å². The number of benzene rings is 1. The van der Waals surface area contributed by atoms with E-state index in [9.17, 15) is 14.5 Å². The van der Waals surface area contributed by atoms with E-state index in [-0.39, 0.29) is 17.4 Å². The molecule has 1 heterocycles. The Morgan fingerprint density at radius 2 is 2.05 bits per heavy atom. The van der Waals surface area contributed by atoms with Crippen molar-refractivity contribution in [3.8, 4) is 5.88 Å². The second-order valence-corrected chi connectivity index (χ2v) is 3.98. The number of ether oxygens (including phenoxy) is 1. The predicted octanol–water partition coefficient (Wildman–Crippen LogP) is 2.30. The molecular formula is C12H12FN3O3. The summed E-state index contributed by atoms with van der Waals surface area (Å²) in [6.45, 7) is 1.91. The minimum atomic E-state index is -0.525. The Hall–Kier alpha value is -2.44. The molecule has 7 heteroatoms. The first-order valence-corrected chi connectivity index (χ1v) is 5.53. The summed E-state index contributed by atoms with van der Waals surface area (Å²) in [4.78, 5) is 10.4. The molecule has 1 aromatic heterocycles. The first-order chi connectivity index (χ1) is 9.02. The van der Waals surface area contributed by atoms with Crippen molar-refractivity contribution in [2.45, 2.75) is 13.5 Å². The molecule has 0 N–H and O–H groups in total. The summed E-state index contributed by atoms with van der Waals surface area (Å²) in [6, 6.07) is 5.88. The van der Waals surface area contributed by atoms with E-state index in [0.29, 0.717) is 12.2 Å². The molecule has 0 atom stereocenters. The standard InChI is InChI=1S/C12H12FN3O3/c1-8-11(16(17)18)12(19-2)14-15(8)7-9-3-5-10(13)6-4-9/h3-6H,7H2,1-2H3. The summed E-state index contributed by atoms with van der Waals surface area (Å²) in [7, 11) is 1.33. The predicted molar refractivity (Wildman–Crippen MR) is 65.7 cm³/mol. The average molecular weight is 265 g/mol. The van der Waals surface area contributed by atoms with Crippen molar-refractivity contribution in [3.05, 3.63) is 51.5 Å². The van der Waals surface area contributed by atoms with E-state index >= 15 is 0 Å². The molecule has 0 saturated heterocycles. The van der Waals surface area contributed by atoms with Crippen LogP contribution in [0.1, 0.15) is 11.3 Å². The lowest BCUT2D eigenvalue weighted by Crippen LogP contribution is -2.04. The van der Waals surface area contributed by atoms with Crippen LogP contribution in [-0.2, 0) is 6.54 Å². The smallest absolute Gasteiger partial charge is 0.352 e. The Bertz CT molecular complexity index is 607. The summed E-state index contributed by atoms with van der Waals surface area (Å²) in [6.07, 6.45) is 0. The van der Waals surface area contributed by atoms with Crippen molar-refractivity contribution in [1.82, 2.24) is 9.78 Å². The van der Waals surface area contributed by atoms with Crippen molar-refractivity contribution in [3.63, 3.8) is 0 Å². The Morgan fingerprint density at radius 3 is 2.53 bits per heavy atom. The summed E-state index contributed by atoms with van der Waals surface area (Å²) in [5.41, 5.74) is 1.04. The minimum absolute atomic E-state index is 0.0235. The van der Waals surface area contributed by atoms with Gasteiger partial charge in [-0.25, -0.2) is 4.39 Å². The van der Waals surface area contributed by atoms with Crippen LogP contribution in [0.25, 0.3) is 0 Å². The number of nitrogens with zero attached hydrogens (tertiary/aromatic N) is 3. The maximum absolute atomic E-state index is 12.8. The normalized spacial score (nSPS) is 10.5. The van der Waals surface area contributed by atoms with E-state index in [1.807, 2.05) is 0 Å². The zero-order valence-electron chi connectivity index (χ0n) is 10.5. The van der Waals surface area contributed by atoms with Crippen molar-refractivity contribution < 1.29 is 14.1 Å². The summed E-state index contributed by atoms with van der Waals surface area (Å²) >= 11 is 0. The van der Waals surface area contributed by atoms with Gasteiger partial charge in [0.1, 0.15) is 11.5 Å². The molecule has 0 fully saturated rings. The summed E-state index contributed by atoms with van der Waals surface area (Å²) in [5, 5.41) is 15.0. The van der Waals surface area contributed by atoms with Gasteiger partial charge in [-0.1, -0.05) is 12.1 Å². The van der Waals surface area contributed by atoms with E-state index in [1.54, 1.807) is 19.1 Å². The van der Waals surface area contributed by atoms with Gasteiger partial charge in [-0.2, -0.15) is 0 Å². The first kappa shape index (κ1) is 13.0. The van der Waals surface area contributed by atoms with Gasteiger partial charge < -0.3 is 4.74 Å². The molecular weight excluding hydrogens is 253 g/mol. The van der Waals surface area contributed by atoms with Crippen LogP contribution in [0.15, 0.2) is 24.3 Å². The van der Waals surface area contributed by atoms with Crippen LogP contribution in [0, 0.1) is 22.9 Å². The maximum Gasteiger partial charge on any atom is 0.352 e. The largest absolute Gasteiger partial charge is 0.475 e. The van der Waals surface area contributed by atoms with Gasteiger partial charge >= 0.3 is 11.6 Å². The molecule has 2 rings (SSSR count). The molecule has 0 amide bonds. The van der Waals surface area contributed by atoms with Crippen molar-refractivity contribution in [2.75, 3.05) is 7.11 Å². The second kappa shape index (κ2) is 5.05. The molecule has 6 nitrogen and oxygen atoms in total. The maximum atomic E-state index is 12.8. The lowest BCUT2D eigenvalue weighted by Gasteiger charge is -2.03. The van der Waals surface area contributed by atoms with Gasteiger partial charge in [0.25, 0.3) is 0 Å². The fourth-order valence-electron chi connectivity index (χ4n) is 1.77. The molecule has 0 aliphatic carbocycles. The van der Waals surface area contributed by atoms with Crippen LogP contribution in [0.5, 0.6) is 5.88 Å². The quantitative estimate of drug-likeness (QED) is 0.628. The Kier molecular flexibility index (Phi) is 3.46. The third-order valence-corrected chi connectivity index (χ3v) is 2.77. The zero-order valence-corrected chi connectivity index (χ0v) is 10.5. The molecule has 0 unspecified atom stereocenters. The number of nitro groups is 1. The number of methoxy groups -OCH3 is 1. The highest BCUT2D eigenvalue weighted by molar-refractivity contribution is 5.45. The van der Waals surface area contributed by atoms with E-state index in [2.05, 4.69) is 5.10 Å². The SMILES string of the molecule is COc1nn(Cc2ccc(F)cc2)c(C)c1[N+](=O)[O-]. The third kappa shape index (κ3) is 2.54. The van der Waals surface area contributed by atoms with Crippen LogP contribution in [0.4, 0.5) is 10.1 Å². The van der Waals surface area contributed by atoms with Crippen molar-refractivity contribution >= 4 is 5.69 Å². The van der Waals surface area contributed by atoms with Crippen LogP contribution in [0.3, 0.4) is 0 Å². The molecule has 0 aliphatic rings. The molecule has 0 spiro atoms. The van der Waals surface area contributed by atoms with Crippen molar-refractivity contribution in [1.29, 1.82) is 0 Å². The lowest BCUT2D eigenvalue weighted by atomic mass is 10.2. The lowest BCUT2D eigenvalue weighted by molar-refractivity contribution is -0.386. The molecule has 1 aromatic carbocycles.